The van der Waals surface area contributed by atoms with Crippen LogP contribution >= 0.6 is 11.3 Å². The molecule has 6 heteroatoms. The number of furan rings is 1. The lowest BCUT2D eigenvalue weighted by Crippen LogP contribution is -2.01. The lowest BCUT2D eigenvalue weighted by Gasteiger charge is -2.12. The highest BCUT2D eigenvalue weighted by Crippen LogP contribution is 2.50. The van der Waals surface area contributed by atoms with Crippen molar-refractivity contribution in [2.45, 2.75) is 0 Å². The van der Waals surface area contributed by atoms with Crippen molar-refractivity contribution >= 4 is 75.4 Å². The van der Waals surface area contributed by atoms with Gasteiger partial charge in [-0.25, -0.2) is 15.0 Å². The number of thiophene rings is 1. The fourth-order valence-electron chi connectivity index (χ4n) is 7.33. The van der Waals surface area contributed by atoms with Crippen LogP contribution in [0.25, 0.3) is 109 Å². The van der Waals surface area contributed by atoms with E-state index in [0.29, 0.717) is 17.5 Å². The second-order valence-electron chi connectivity index (χ2n) is 12.3. The number of rotatable bonds is 4. The Morgan fingerprint density at radius 2 is 1.08 bits per heavy atom. The van der Waals surface area contributed by atoms with Crippen molar-refractivity contribution in [1.82, 2.24) is 15.0 Å². The lowest BCUT2D eigenvalue weighted by molar-refractivity contribution is 0.660. The Morgan fingerprint density at radius 1 is 0.429 bits per heavy atom. The van der Waals surface area contributed by atoms with Gasteiger partial charge in [-0.2, -0.15) is 0 Å². The molecule has 11 rings (SSSR count). The molecule has 0 N–H and O–H groups in total. The van der Waals surface area contributed by atoms with Gasteiger partial charge in [0.15, 0.2) is 17.5 Å². The molecule has 11 aromatic rings. The molecule has 0 amide bonds. The summed E-state index contributed by atoms with van der Waals surface area (Å²) in [5, 5.41) is 6.46. The summed E-state index contributed by atoms with van der Waals surface area (Å²) in [6.07, 6.45) is 0. The third-order valence-electron chi connectivity index (χ3n) is 9.52. The first-order chi connectivity index (χ1) is 24.3. The summed E-state index contributed by atoms with van der Waals surface area (Å²) in [5.41, 5.74) is 8.32. The highest BCUT2D eigenvalue weighted by Gasteiger charge is 2.25. The zero-order valence-corrected chi connectivity index (χ0v) is 26.7. The van der Waals surface area contributed by atoms with Crippen LogP contribution in [-0.4, -0.2) is 15.0 Å². The van der Waals surface area contributed by atoms with Gasteiger partial charge in [0.25, 0.3) is 0 Å². The van der Waals surface area contributed by atoms with Gasteiger partial charge in [-0.05, 0) is 46.8 Å². The maximum Gasteiger partial charge on any atom is 0.165 e. The van der Waals surface area contributed by atoms with Crippen molar-refractivity contribution < 1.29 is 8.83 Å². The van der Waals surface area contributed by atoms with E-state index in [1.54, 1.807) is 11.3 Å². The molecule has 0 aliphatic rings. The standard InChI is InChI=1S/C43H23N3O2S/c1-3-11-24(12-4-1)27-16-9-10-18-29(27)42-44-41(25-13-5-2-6-14-25)45-43(46-42)30-19-20-32-37-38-34(49-40(30)37)22-21-31-35(38)36-33(47-31)23-26-15-7-8-17-28(26)39(36)48-32/h1-23H. The van der Waals surface area contributed by atoms with Crippen molar-refractivity contribution in [3.8, 4) is 45.3 Å². The van der Waals surface area contributed by atoms with E-state index in [-0.39, 0.29) is 0 Å². The van der Waals surface area contributed by atoms with E-state index in [1.807, 2.05) is 48.5 Å². The van der Waals surface area contributed by atoms with Crippen LogP contribution in [0.4, 0.5) is 0 Å². The second-order valence-corrected chi connectivity index (χ2v) is 13.4. The maximum atomic E-state index is 6.92. The van der Waals surface area contributed by atoms with Crippen molar-refractivity contribution in [2.75, 3.05) is 0 Å². The molecule has 0 atom stereocenters. The molecule has 0 radical (unpaired) electrons. The number of benzene rings is 7. The molecule has 0 saturated carbocycles. The second kappa shape index (κ2) is 10.1. The number of fused-ring (bicyclic) bond motifs is 2. The van der Waals surface area contributed by atoms with Crippen molar-refractivity contribution in [3.63, 3.8) is 0 Å². The van der Waals surface area contributed by atoms with Crippen LogP contribution < -0.4 is 0 Å². The maximum absolute atomic E-state index is 6.92. The molecule has 0 fully saturated rings. The minimum absolute atomic E-state index is 0.616. The summed E-state index contributed by atoms with van der Waals surface area (Å²) >= 11 is 1.74. The quantitative estimate of drug-likeness (QED) is 0.191. The van der Waals surface area contributed by atoms with Gasteiger partial charge in [-0.1, -0.05) is 109 Å². The highest BCUT2D eigenvalue weighted by molar-refractivity contribution is 7.26. The molecule has 49 heavy (non-hydrogen) atoms. The van der Waals surface area contributed by atoms with Gasteiger partial charge >= 0.3 is 0 Å². The number of hydrogen-bond acceptors (Lipinski definition) is 6. The van der Waals surface area contributed by atoms with Gasteiger partial charge in [-0.15, -0.1) is 11.3 Å². The Morgan fingerprint density at radius 3 is 1.92 bits per heavy atom. The monoisotopic (exact) mass is 645 g/mol. The van der Waals surface area contributed by atoms with Crippen LogP contribution in [0, 0.1) is 0 Å². The lowest BCUT2D eigenvalue weighted by atomic mass is 9.99. The minimum Gasteiger partial charge on any atom is -0.456 e. The molecule has 0 unspecified atom stereocenters. The van der Waals surface area contributed by atoms with E-state index in [0.717, 1.165) is 91.9 Å². The van der Waals surface area contributed by atoms with Gasteiger partial charge in [0.2, 0.25) is 0 Å². The van der Waals surface area contributed by atoms with Crippen LogP contribution in [0.15, 0.2) is 148 Å². The number of nitrogens with zero attached hydrogens (tertiary/aromatic N) is 3. The van der Waals surface area contributed by atoms with E-state index < -0.39 is 0 Å². The molecule has 228 valence electrons. The molecule has 7 aromatic carbocycles. The van der Waals surface area contributed by atoms with E-state index in [9.17, 15) is 0 Å². The third-order valence-corrected chi connectivity index (χ3v) is 10.7. The smallest absolute Gasteiger partial charge is 0.165 e. The van der Waals surface area contributed by atoms with Crippen LogP contribution in [0.1, 0.15) is 0 Å². The Kier molecular flexibility index (Phi) is 5.48. The SMILES string of the molecule is c1ccc(-c2nc(-c3ccccc3-c3ccccc3)nc(-c3ccc4oc5c6ccccc6cc6oc7ccc8sc3c4c8c7c65)n2)cc1. The first-order valence-electron chi connectivity index (χ1n) is 16.2. The Hall–Kier alpha value is -6.37. The summed E-state index contributed by atoms with van der Waals surface area (Å²) in [6, 6.07) is 47.7. The van der Waals surface area contributed by atoms with Crippen LogP contribution in [0.5, 0.6) is 0 Å². The average molecular weight is 646 g/mol. The van der Waals surface area contributed by atoms with E-state index in [4.69, 9.17) is 23.8 Å². The van der Waals surface area contributed by atoms with Crippen LogP contribution in [-0.2, 0) is 0 Å². The first kappa shape index (κ1) is 26.7. The largest absolute Gasteiger partial charge is 0.456 e. The molecule has 0 spiro atoms. The van der Waals surface area contributed by atoms with Crippen molar-refractivity contribution in [1.29, 1.82) is 0 Å². The topological polar surface area (TPSA) is 65.0 Å². The van der Waals surface area contributed by atoms with Crippen molar-refractivity contribution in [3.05, 3.63) is 140 Å². The van der Waals surface area contributed by atoms with Crippen LogP contribution in [0.3, 0.4) is 0 Å². The normalized spacial score (nSPS) is 12.1. The molecule has 5 nitrogen and oxygen atoms in total. The highest BCUT2D eigenvalue weighted by atomic mass is 32.1. The van der Waals surface area contributed by atoms with Gasteiger partial charge in [0.1, 0.15) is 22.3 Å². The fourth-order valence-corrected chi connectivity index (χ4v) is 8.57. The summed E-state index contributed by atoms with van der Waals surface area (Å²) in [4.78, 5) is 15.5. The third kappa shape index (κ3) is 3.89. The average Bonchev–Trinajstić information content (AvgIpc) is 3.69. The summed E-state index contributed by atoms with van der Waals surface area (Å²) < 4.78 is 15.6. The predicted molar refractivity (Wildman–Crippen MR) is 200 cm³/mol. The van der Waals surface area contributed by atoms with Gasteiger partial charge < -0.3 is 8.83 Å². The van der Waals surface area contributed by atoms with Crippen molar-refractivity contribution in [2.24, 2.45) is 0 Å². The Labute approximate surface area is 283 Å². The summed E-state index contributed by atoms with van der Waals surface area (Å²) in [5.74, 6) is 1.87. The first-order valence-corrected chi connectivity index (χ1v) is 17.0. The summed E-state index contributed by atoms with van der Waals surface area (Å²) in [6.45, 7) is 0. The Bertz CT molecular complexity index is 3050. The fraction of sp³-hybridized carbons (Fsp3) is 0. The summed E-state index contributed by atoms with van der Waals surface area (Å²) in [7, 11) is 0. The minimum atomic E-state index is 0.616. The van der Waals surface area contributed by atoms with E-state index >= 15 is 0 Å². The molecule has 4 heterocycles. The molecular weight excluding hydrogens is 623 g/mol. The van der Waals surface area contributed by atoms with Gasteiger partial charge in [0.05, 0.1) is 10.1 Å². The number of aromatic nitrogens is 3. The zero-order chi connectivity index (χ0) is 32.1. The van der Waals surface area contributed by atoms with Crippen LogP contribution in [0.2, 0.25) is 0 Å². The number of hydrogen-bond donors (Lipinski definition) is 0. The van der Waals surface area contributed by atoms with E-state index in [2.05, 4.69) is 91.0 Å². The van der Waals surface area contributed by atoms with Gasteiger partial charge in [-0.3, -0.25) is 0 Å². The molecule has 4 aromatic heterocycles. The predicted octanol–water partition coefficient (Wildman–Crippen LogP) is 12.1. The van der Waals surface area contributed by atoms with E-state index in [1.165, 1.54) is 0 Å². The Balaban J connectivity index is 1.23. The molecule has 0 aliphatic heterocycles. The molecule has 0 bridgehead atoms. The molecule has 0 aliphatic carbocycles. The molecular formula is C43H23N3O2S. The molecule has 0 saturated heterocycles. The van der Waals surface area contributed by atoms with Gasteiger partial charge in [0, 0.05) is 42.9 Å². The zero-order valence-electron chi connectivity index (χ0n) is 25.8.